The molecule has 0 saturated carbocycles. The number of hydrogen-bond acceptors (Lipinski definition) is 2. The van der Waals surface area contributed by atoms with Gasteiger partial charge in [-0.15, -0.1) is 0 Å². The van der Waals surface area contributed by atoms with E-state index < -0.39 is 0 Å². The summed E-state index contributed by atoms with van der Waals surface area (Å²) in [6.45, 7) is 1.11. The van der Waals surface area contributed by atoms with Crippen LogP contribution in [-0.4, -0.2) is 13.0 Å². The molecule has 118 valence electrons. The van der Waals surface area contributed by atoms with E-state index in [4.69, 9.17) is 28.5 Å². The predicted molar refractivity (Wildman–Crippen MR) is 94.7 cm³/mol. The molecule has 2 rings (SSSR count). The Bertz CT molecular complexity index is 750. The van der Waals surface area contributed by atoms with E-state index in [0.29, 0.717) is 34.7 Å². The number of nitrogens with zero attached hydrogens (tertiary/aromatic N) is 2. The van der Waals surface area contributed by atoms with Crippen LogP contribution in [-0.2, 0) is 13.1 Å². The number of benzene rings is 2. The van der Waals surface area contributed by atoms with Gasteiger partial charge < -0.3 is 10.6 Å². The average Bonchev–Trinajstić information content (AvgIpc) is 2.56. The smallest absolute Gasteiger partial charge is 0.191 e. The Hall–Kier alpha value is -2.22. The van der Waals surface area contributed by atoms with E-state index in [0.717, 1.165) is 11.1 Å². The first-order valence-corrected chi connectivity index (χ1v) is 7.75. The molecule has 2 aromatic carbocycles. The lowest BCUT2D eigenvalue weighted by Crippen LogP contribution is -2.36. The van der Waals surface area contributed by atoms with Crippen molar-refractivity contribution >= 4 is 29.2 Å². The second kappa shape index (κ2) is 8.42. The summed E-state index contributed by atoms with van der Waals surface area (Å²) in [7, 11) is 1.70. The van der Waals surface area contributed by atoms with E-state index in [1.54, 1.807) is 25.2 Å². The van der Waals surface area contributed by atoms with Crippen LogP contribution >= 0.6 is 23.2 Å². The standard InChI is InChI=1S/C17H16Cl2N4/c1-21-17(22-10-13-4-2-3-12(7-13)9-20)23-11-14-5-6-15(18)8-16(14)19/h2-8H,10-11H2,1H3,(H2,21,22,23). The molecular formula is C17H16Cl2N4. The molecule has 0 amide bonds. The van der Waals surface area contributed by atoms with E-state index >= 15 is 0 Å². The second-order valence-corrected chi connectivity index (χ2v) is 5.67. The van der Waals surface area contributed by atoms with Crippen LogP contribution in [0.15, 0.2) is 47.5 Å². The van der Waals surface area contributed by atoms with Crippen molar-refractivity contribution in [1.82, 2.24) is 10.6 Å². The van der Waals surface area contributed by atoms with E-state index in [1.165, 1.54) is 0 Å². The van der Waals surface area contributed by atoms with Gasteiger partial charge in [0.25, 0.3) is 0 Å². The first-order chi connectivity index (χ1) is 11.1. The van der Waals surface area contributed by atoms with Gasteiger partial charge in [-0.3, -0.25) is 4.99 Å². The van der Waals surface area contributed by atoms with Crippen molar-refractivity contribution in [1.29, 1.82) is 5.26 Å². The van der Waals surface area contributed by atoms with Crippen LogP contribution in [0.2, 0.25) is 10.0 Å². The fraction of sp³-hybridized carbons (Fsp3) is 0.176. The molecule has 0 saturated heterocycles. The highest BCUT2D eigenvalue weighted by atomic mass is 35.5. The Morgan fingerprint density at radius 3 is 2.61 bits per heavy atom. The lowest BCUT2D eigenvalue weighted by Gasteiger charge is -2.13. The lowest BCUT2D eigenvalue weighted by molar-refractivity contribution is 0.809. The molecule has 0 heterocycles. The molecule has 0 unspecified atom stereocenters. The van der Waals surface area contributed by atoms with Crippen LogP contribution in [0.1, 0.15) is 16.7 Å². The summed E-state index contributed by atoms with van der Waals surface area (Å²) in [6, 6.07) is 15.0. The third-order valence-corrected chi connectivity index (χ3v) is 3.79. The maximum Gasteiger partial charge on any atom is 0.191 e. The zero-order chi connectivity index (χ0) is 16.7. The molecule has 0 aliphatic rings. The molecule has 0 aromatic heterocycles. The van der Waals surface area contributed by atoms with Crippen molar-refractivity contribution in [3.05, 3.63) is 69.2 Å². The third-order valence-electron chi connectivity index (χ3n) is 3.20. The van der Waals surface area contributed by atoms with Gasteiger partial charge in [0.2, 0.25) is 0 Å². The van der Waals surface area contributed by atoms with Gasteiger partial charge in [-0.1, -0.05) is 41.4 Å². The maximum absolute atomic E-state index is 8.91. The number of aliphatic imine (C=N–C) groups is 1. The van der Waals surface area contributed by atoms with Crippen molar-refractivity contribution in [2.45, 2.75) is 13.1 Å². The van der Waals surface area contributed by atoms with Gasteiger partial charge >= 0.3 is 0 Å². The summed E-state index contributed by atoms with van der Waals surface area (Å²) >= 11 is 12.0. The Labute approximate surface area is 145 Å². The summed E-state index contributed by atoms with van der Waals surface area (Å²) in [5.41, 5.74) is 2.59. The molecule has 23 heavy (non-hydrogen) atoms. The topological polar surface area (TPSA) is 60.2 Å². The largest absolute Gasteiger partial charge is 0.352 e. The summed E-state index contributed by atoms with van der Waals surface area (Å²) < 4.78 is 0. The fourth-order valence-corrected chi connectivity index (χ4v) is 2.48. The Balaban J connectivity index is 1.92. The van der Waals surface area contributed by atoms with Gasteiger partial charge in [-0.05, 0) is 35.4 Å². The van der Waals surface area contributed by atoms with Crippen molar-refractivity contribution in [2.24, 2.45) is 4.99 Å². The number of hydrogen-bond donors (Lipinski definition) is 2. The normalized spacial score (nSPS) is 11.0. The van der Waals surface area contributed by atoms with Crippen LogP contribution < -0.4 is 10.6 Å². The van der Waals surface area contributed by atoms with Gasteiger partial charge in [0, 0.05) is 30.2 Å². The van der Waals surface area contributed by atoms with Crippen molar-refractivity contribution in [3.8, 4) is 6.07 Å². The summed E-state index contributed by atoms with van der Waals surface area (Å²) in [5, 5.41) is 16.5. The van der Waals surface area contributed by atoms with Crippen LogP contribution in [0.5, 0.6) is 0 Å². The number of rotatable bonds is 4. The van der Waals surface area contributed by atoms with Gasteiger partial charge in [-0.25, -0.2) is 0 Å². The highest BCUT2D eigenvalue weighted by molar-refractivity contribution is 6.35. The van der Waals surface area contributed by atoms with Gasteiger partial charge in [0.15, 0.2) is 5.96 Å². The molecular weight excluding hydrogens is 331 g/mol. The zero-order valence-corrected chi connectivity index (χ0v) is 14.1. The van der Waals surface area contributed by atoms with Gasteiger partial charge in [0.05, 0.1) is 11.6 Å². The molecule has 2 aromatic rings. The second-order valence-electron chi connectivity index (χ2n) is 4.83. The lowest BCUT2D eigenvalue weighted by atomic mass is 10.1. The molecule has 0 aliphatic carbocycles. The Morgan fingerprint density at radius 2 is 1.91 bits per heavy atom. The fourth-order valence-electron chi connectivity index (χ4n) is 2.00. The molecule has 0 radical (unpaired) electrons. The Morgan fingerprint density at radius 1 is 1.13 bits per heavy atom. The van der Waals surface area contributed by atoms with E-state index in [9.17, 15) is 0 Å². The number of nitriles is 1. The molecule has 0 atom stereocenters. The van der Waals surface area contributed by atoms with E-state index in [1.807, 2.05) is 24.3 Å². The minimum Gasteiger partial charge on any atom is -0.352 e. The molecule has 0 aliphatic heterocycles. The highest BCUT2D eigenvalue weighted by Crippen LogP contribution is 2.20. The third kappa shape index (κ3) is 5.17. The van der Waals surface area contributed by atoms with E-state index in [2.05, 4.69) is 21.7 Å². The van der Waals surface area contributed by atoms with Gasteiger partial charge in [0.1, 0.15) is 0 Å². The SMILES string of the molecule is CN=C(NCc1cccc(C#N)c1)NCc1ccc(Cl)cc1Cl. The monoisotopic (exact) mass is 346 g/mol. The van der Waals surface area contributed by atoms with Crippen molar-refractivity contribution < 1.29 is 0 Å². The summed E-state index contributed by atoms with van der Waals surface area (Å²) in [4.78, 5) is 4.17. The van der Waals surface area contributed by atoms with Crippen molar-refractivity contribution in [3.63, 3.8) is 0 Å². The first kappa shape index (κ1) is 17.1. The van der Waals surface area contributed by atoms with Crippen LogP contribution in [0.4, 0.5) is 0 Å². The quantitative estimate of drug-likeness (QED) is 0.654. The molecule has 4 nitrogen and oxygen atoms in total. The maximum atomic E-state index is 8.91. The highest BCUT2D eigenvalue weighted by Gasteiger charge is 2.03. The Kier molecular flexibility index (Phi) is 6.28. The predicted octanol–water partition coefficient (Wildman–Crippen LogP) is 3.73. The minimum atomic E-state index is 0.536. The molecule has 0 spiro atoms. The minimum absolute atomic E-state index is 0.536. The summed E-state index contributed by atoms with van der Waals surface area (Å²) in [6.07, 6.45) is 0. The molecule has 2 N–H and O–H groups in total. The number of nitrogens with one attached hydrogen (secondary N) is 2. The summed E-state index contributed by atoms with van der Waals surface area (Å²) in [5.74, 6) is 0.651. The first-order valence-electron chi connectivity index (χ1n) is 7.00. The number of halogens is 2. The molecule has 0 bridgehead atoms. The molecule has 6 heteroatoms. The number of guanidine groups is 1. The molecule has 0 fully saturated rings. The van der Waals surface area contributed by atoms with Crippen LogP contribution in [0.25, 0.3) is 0 Å². The van der Waals surface area contributed by atoms with Crippen LogP contribution in [0, 0.1) is 11.3 Å². The zero-order valence-electron chi connectivity index (χ0n) is 12.6. The average molecular weight is 347 g/mol. The van der Waals surface area contributed by atoms with Crippen LogP contribution in [0.3, 0.4) is 0 Å². The van der Waals surface area contributed by atoms with Crippen molar-refractivity contribution in [2.75, 3.05) is 7.05 Å². The van der Waals surface area contributed by atoms with Gasteiger partial charge in [-0.2, -0.15) is 5.26 Å². The van der Waals surface area contributed by atoms with E-state index in [-0.39, 0.29) is 0 Å².